The van der Waals surface area contributed by atoms with Gasteiger partial charge in [-0.25, -0.2) is 4.79 Å². The number of hydrazine groups is 1. The van der Waals surface area contributed by atoms with E-state index in [0.29, 0.717) is 6.19 Å². The Morgan fingerprint density at radius 3 is 2.27 bits per heavy atom. The summed E-state index contributed by atoms with van der Waals surface area (Å²) >= 11 is 0. The van der Waals surface area contributed by atoms with Gasteiger partial charge >= 0.3 is 6.09 Å². The second-order valence-corrected chi connectivity index (χ2v) is 5.00. The summed E-state index contributed by atoms with van der Waals surface area (Å²) in [5.74, 6) is 0.0317. The molecule has 0 saturated heterocycles. The maximum Gasteiger partial charge on any atom is 0.420 e. The molecule has 0 aliphatic heterocycles. The van der Waals surface area contributed by atoms with Crippen molar-refractivity contribution in [2.75, 3.05) is 6.61 Å². The van der Waals surface area contributed by atoms with E-state index >= 15 is 0 Å². The van der Waals surface area contributed by atoms with Gasteiger partial charge in [0, 0.05) is 5.92 Å². The van der Waals surface area contributed by atoms with Gasteiger partial charge in [-0.05, 0) is 22.3 Å². The fourth-order valence-electron chi connectivity index (χ4n) is 2.80. The number of rotatable bonds is 5. The second-order valence-electron chi connectivity index (χ2n) is 5.00. The van der Waals surface area contributed by atoms with Crippen molar-refractivity contribution in [2.24, 2.45) is 0 Å². The first-order valence-corrected chi connectivity index (χ1v) is 7.08. The molecule has 6 heteroatoms. The molecule has 2 aromatic rings. The third-order valence-corrected chi connectivity index (χ3v) is 3.72. The number of carbonyl (C=O) groups excluding carboxylic acids is 2. The van der Waals surface area contributed by atoms with E-state index in [1.54, 1.807) is 0 Å². The van der Waals surface area contributed by atoms with Crippen molar-refractivity contribution < 1.29 is 14.3 Å². The average Bonchev–Trinajstić information content (AvgIpc) is 2.87. The van der Waals surface area contributed by atoms with Crippen LogP contribution in [0.25, 0.3) is 11.1 Å². The molecule has 0 bridgehead atoms. The largest absolute Gasteiger partial charge is 0.448 e. The van der Waals surface area contributed by atoms with Crippen molar-refractivity contribution in [2.45, 2.75) is 5.92 Å². The number of benzene rings is 2. The third kappa shape index (κ3) is 2.73. The number of carbonyl (C=O) groups is 2. The first kappa shape index (κ1) is 14.3. The summed E-state index contributed by atoms with van der Waals surface area (Å²) < 4.78 is 5.26. The van der Waals surface area contributed by atoms with Crippen molar-refractivity contribution in [1.29, 1.82) is 0 Å². The third-order valence-electron chi connectivity index (χ3n) is 3.72. The number of ether oxygens (including phenoxy) is 1. The van der Waals surface area contributed by atoms with Crippen molar-refractivity contribution in [3.05, 3.63) is 59.7 Å². The zero-order valence-electron chi connectivity index (χ0n) is 11.9. The Morgan fingerprint density at radius 1 is 1.09 bits per heavy atom. The number of amides is 1. The van der Waals surface area contributed by atoms with Gasteiger partial charge in [-0.3, -0.25) is 10.8 Å². The standard InChI is InChI=1S/C16H15BN2O3/c20-10-17-19-18-16(21)22-9-15-13-7-3-1-5-11(13)12-6-2-4-8-14(12)15/h1-8,10,15,17,19H,9H2,(H,18,21). The van der Waals surface area contributed by atoms with E-state index in [4.69, 9.17) is 4.74 Å². The monoisotopic (exact) mass is 294 g/mol. The molecule has 0 spiro atoms. The molecule has 0 aromatic heterocycles. The Kier molecular flexibility index (Phi) is 4.21. The van der Waals surface area contributed by atoms with Gasteiger partial charge in [0.1, 0.15) is 6.61 Å². The van der Waals surface area contributed by atoms with Crippen molar-refractivity contribution in [3.8, 4) is 11.1 Å². The normalized spacial score (nSPS) is 12.2. The van der Waals surface area contributed by atoms with Gasteiger partial charge in [-0.1, -0.05) is 48.5 Å². The van der Waals surface area contributed by atoms with Crippen LogP contribution < -0.4 is 10.8 Å². The molecule has 0 saturated carbocycles. The summed E-state index contributed by atoms with van der Waals surface area (Å²) in [7, 11) is 0.0458. The molecule has 2 aromatic carbocycles. The van der Waals surface area contributed by atoms with Crippen LogP contribution in [0.4, 0.5) is 4.79 Å². The van der Waals surface area contributed by atoms with Crippen LogP contribution in [0, 0.1) is 0 Å². The summed E-state index contributed by atoms with van der Waals surface area (Å²) in [6, 6.07) is 16.3. The second kappa shape index (κ2) is 6.45. The van der Waals surface area contributed by atoms with Gasteiger partial charge in [0.05, 0.1) is 6.19 Å². The first-order valence-electron chi connectivity index (χ1n) is 7.08. The summed E-state index contributed by atoms with van der Waals surface area (Å²) in [5, 5.41) is 2.46. The van der Waals surface area contributed by atoms with Crippen molar-refractivity contribution in [3.63, 3.8) is 0 Å². The summed E-state index contributed by atoms with van der Waals surface area (Å²) in [5.41, 5.74) is 7.01. The molecule has 1 aliphatic rings. The van der Waals surface area contributed by atoms with Crippen LogP contribution in [0.5, 0.6) is 0 Å². The van der Waals surface area contributed by atoms with Crippen LogP contribution in [-0.2, 0) is 9.53 Å². The molecule has 0 atom stereocenters. The molecule has 0 heterocycles. The molecule has 2 N–H and O–H groups in total. The van der Waals surface area contributed by atoms with Gasteiger partial charge < -0.3 is 9.53 Å². The van der Waals surface area contributed by atoms with E-state index in [9.17, 15) is 9.59 Å². The fraction of sp³-hybridized carbons (Fsp3) is 0.125. The Balaban J connectivity index is 1.74. The molecule has 5 nitrogen and oxygen atoms in total. The van der Waals surface area contributed by atoms with E-state index in [1.165, 1.54) is 11.1 Å². The zero-order chi connectivity index (χ0) is 15.4. The maximum absolute atomic E-state index is 11.6. The lowest BCUT2D eigenvalue weighted by Crippen LogP contribution is -2.41. The molecule has 0 fully saturated rings. The van der Waals surface area contributed by atoms with Crippen molar-refractivity contribution >= 4 is 19.7 Å². The van der Waals surface area contributed by atoms with E-state index < -0.39 is 6.09 Å². The number of hydrogen-bond acceptors (Lipinski definition) is 4. The van der Waals surface area contributed by atoms with Gasteiger partial charge in [0.15, 0.2) is 0 Å². The molecular formula is C16H15BN2O3. The van der Waals surface area contributed by atoms with Crippen LogP contribution in [0.3, 0.4) is 0 Å². The lowest BCUT2D eigenvalue weighted by molar-refractivity contribution is 0.141. The number of hydrogen-bond donors (Lipinski definition) is 2. The Bertz CT molecular complexity index is 660. The summed E-state index contributed by atoms with van der Waals surface area (Å²) in [4.78, 5) is 21.8. The average molecular weight is 294 g/mol. The van der Waals surface area contributed by atoms with Crippen LogP contribution in [0.1, 0.15) is 17.0 Å². The molecule has 22 heavy (non-hydrogen) atoms. The minimum atomic E-state index is -0.594. The van der Waals surface area contributed by atoms with Crippen LogP contribution >= 0.6 is 0 Å². The van der Waals surface area contributed by atoms with Crippen LogP contribution in [-0.4, -0.2) is 26.3 Å². The van der Waals surface area contributed by atoms with Gasteiger partial charge in [0.25, 0.3) is 7.41 Å². The number of nitrogens with one attached hydrogen (secondary N) is 2. The Labute approximate surface area is 128 Å². The topological polar surface area (TPSA) is 67.4 Å². The zero-order valence-corrected chi connectivity index (χ0v) is 11.9. The smallest absolute Gasteiger partial charge is 0.420 e. The van der Waals surface area contributed by atoms with Crippen molar-refractivity contribution in [1.82, 2.24) is 10.8 Å². The molecule has 3 rings (SSSR count). The highest BCUT2D eigenvalue weighted by Gasteiger charge is 2.28. The predicted octanol–water partition coefficient (Wildman–Crippen LogP) is 1.57. The molecule has 0 unspecified atom stereocenters. The highest BCUT2D eigenvalue weighted by atomic mass is 16.6. The summed E-state index contributed by atoms with van der Waals surface area (Å²) in [6.07, 6.45) is 0.0627. The van der Waals surface area contributed by atoms with E-state index in [1.807, 2.05) is 24.3 Å². The van der Waals surface area contributed by atoms with Gasteiger partial charge in [-0.15, -0.1) is 0 Å². The number of fused-ring (bicyclic) bond motifs is 3. The minimum Gasteiger partial charge on any atom is -0.448 e. The molecule has 0 radical (unpaired) electrons. The molecule has 1 amide bonds. The van der Waals surface area contributed by atoms with Gasteiger partial charge in [0.2, 0.25) is 0 Å². The van der Waals surface area contributed by atoms with E-state index in [0.717, 1.165) is 11.1 Å². The lowest BCUT2D eigenvalue weighted by Gasteiger charge is -2.14. The van der Waals surface area contributed by atoms with Gasteiger partial charge in [-0.2, -0.15) is 0 Å². The molecular weight excluding hydrogens is 279 g/mol. The van der Waals surface area contributed by atoms with E-state index in [-0.39, 0.29) is 19.9 Å². The lowest BCUT2D eigenvalue weighted by atomic mass is 9.98. The fourth-order valence-corrected chi connectivity index (χ4v) is 2.80. The van der Waals surface area contributed by atoms with E-state index in [2.05, 4.69) is 35.0 Å². The predicted molar refractivity (Wildman–Crippen MR) is 85.2 cm³/mol. The maximum atomic E-state index is 11.6. The molecule has 1 aliphatic carbocycles. The summed E-state index contributed by atoms with van der Waals surface area (Å²) in [6.45, 7) is 0.253. The molecule has 110 valence electrons. The Hall–Kier alpha value is -2.60. The minimum absolute atomic E-state index is 0.0317. The Morgan fingerprint density at radius 2 is 1.68 bits per heavy atom. The van der Waals surface area contributed by atoms with Crippen LogP contribution in [0.2, 0.25) is 0 Å². The first-order chi connectivity index (χ1) is 10.8. The highest BCUT2D eigenvalue weighted by Crippen LogP contribution is 2.44. The quantitative estimate of drug-likeness (QED) is 0.380. The highest BCUT2D eigenvalue weighted by molar-refractivity contribution is 6.64. The SMILES string of the molecule is O=CBNNC(=O)OCC1c2ccccc2-c2ccccc21. The van der Waals surface area contributed by atoms with Crippen LogP contribution in [0.15, 0.2) is 48.5 Å².